The second-order valence-electron chi connectivity index (χ2n) is 9.39. The van der Waals surface area contributed by atoms with Gasteiger partial charge in [0.2, 0.25) is 11.3 Å². The molecule has 0 radical (unpaired) electrons. The fourth-order valence-corrected chi connectivity index (χ4v) is 6.03. The number of rotatable bonds is 3. The first-order chi connectivity index (χ1) is 18.4. The van der Waals surface area contributed by atoms with Crippen molar-refractivity contribution in [1.82, 2.24) is 4.90 Å². The first kappa shape index (κ1) is 24.6. The highest BCUT2D eigenvalue weighted by molar-refractivity contribution is 6.12. The molecule has 0 bridgehead atoms. The number of ether oxygens (including phenoxy) is 1. The quantitative estimate of drug-likeness (QED) is 0.631. The molecule has 3 aliphatic rings. The van der Waals surface area contributed by atoms with Crippen LogP contribution in [0.5, 0.6) is 0 Å². The maximum Gasteiger partial charge on any atom is 0.410 e. The summed E-state index contributed by atoms with van der Waals surface area (Å²) >= 11 is 0. The van der Waals surface area contributed by atoms with Crippen LogP contribution in [0.2, 0.25) is 0 Å². The molecule has 2 heterocycles. The van der Waals surface area contributed by atoms with Crippen molar-refractivity contribution in [2.45, 2.75) is 18.9 Å². The zero-order valence-corrected chi connectivity index (χ0v) is 20.7. The van der Waals surface area contributed by atoms with Crippen molar-refractivity contribution in [2.24, 2.45) is 17.1 Å². The predicted octanol–water partition coefficient (Wildman–Crippen LogP) is 3.27. The Hall–Kier alpha value is -5.07. The van der Waals surface area contributed by atoms with Gasteiger partial charge in [0.25, 0.3) is 0 Å². The topological polar surface area (TPSA) is 147 Å². The number of nitrogens with two attached hydrogens (primary N) is 1. The second-order valence-corrected chi connectivity index (χ2v) is 9.39. The molecule has 0 fully saturated rings. The van der Waals surface area contributed by atoms with E-state index in [0.29, 0.717) is 16.8 Å². The number of anilines is 1. The number of carbonyl (C=O) groups is 2. The molecule has 0 unspecified atom stereocenters. The highest BCUT2D eigenvalue weighted by Gasteiger charge is 2.67. The Morgan fingerprint density at radius 2 is 1.79 bits per heavy atom. The van der Waals surface area contributed by atoms with Crippen LogP contribution in [0.1, 0.15) is 18.1 Å². The normalized spacial score (nSPS) is 23.1. The lowest BCUT2D eigenvalue weighted by atomic mass is 9.52. The third-order valence-corrected chi connectivity index (χ3v) is 7.69. The molecule has 5 rings (SSSR count). The van der Waals surface area contributed by atoms with Crippen molar-refractivity contribution < 1.29 is 14.3 Å². The van der Waals surface area contributed by atoms with E-state index < -0.39 is 28.7 Å². The van der Waals surface area contributed by atoms with Crippen molar-refractivity contribution in [3.63, 3.8) is 0 Å². The monoisotopic (exact) mass is 504 g/mol. The summed E-state index contributed by atoms with van der Waals surface area (Å²) < 4.78 is 5.22. The molecule has 2 aliphatic heterocycles. The third kappa shape index (κ3) is 3.14. The minimum Gasteiger partial charge on any atom is -0.450 e. The van der Waals surface area contributed by atoms with Gasteiger partial charge in [0.15, 0.2) is 0 Å². The van der Waals surface area contributed by atoms with E-state index in [2.05, 4.69) is 6.07 Å². The van der Waals surface area contributed by atoms with Crippen LogP contribution < -0.4 is 10.6 Å². The van der Waals surface area contributed by atoms with E-state index in [1.807, 2.05) is 54.6 Å². The van der Waals surface area contributed by atoms with E-state index in [9.17, 15) is 25.4 Å². The standard InChI is InChI=1S/C29H24N6O3/c1-2-38-27(37)34-13-12-20-23(16-34)29(22(14-30)25(33)28(20,17-31)18-32)21-10-6-7-11-24(21)35(26(29)36)15-19-8-4-3-5-9-19/h3-12,23H,2,13,15-16,33H2,1H3/t23-,29-/m0/s1. The van der Waals surface area contributed by atoms with Gasteiger partial charge in [-0.15, -0.1) is 0 Å². The maximum absolute atomic E-state index is 14.7. The number of allylic oxidation sites excluding steroid dienone is 1. The van der Waals surface area contributed by atoms with E-state index >= 15 is 0 Å². The zero-order valence-electron chi connectivity index (χ0n) is 20.7. The number of hydrogen-bond donors (Lipinski definition) is 1. The zero-order chi connectivity index (χ0) is 27.1. The number of fused-ring (bicyclic) bond motifs is 4. The van der Waals surface area contributed by atoms with Gasteiger partial charge < -0.3 is 20.3 Å². The summed E-state index contributed by atoms with van der Waals surface area (Å²) in [6, 6.07) is 22.8. The van der Waals surface area contributed by atoms with Crippen molar-refractivity contribution in [3.05, 3.63) is 88.6 Å². The number of carbonyl (C=O) groups excluding carboxylic acids is 2. The van der Waals surface area contributed by atoms with Gasteiger partial charge in [-0.3, -0.25) is 4.79 Å². The highest BCUT2D eigenvalue weighted by atomic mass is 16.6. The van der Waals surface area contributed by atoms with Crippen LogP contribution >= 0.6 is 0 Å². The number of hydrogen-bond acceptors (Lipinski definition) is 7. The smallest absolute Gasteiger partial charge is 0.410 e. The number of nitrogens with zero attached hydrogens (tertiary/aromatic N) is 5. The molecule has 2 amide bonds. The largest absolute Gasteiger partial charge is 0.450 e. The molecule has 188 valence electrons. The Balaban J connectivity index is 1.80. The molecule has 9 heteroatoms. The van der Waals surface area contributed by atoms with Gasteiger partial charge in [0.05, 0.1) is 42.6 Å². The first-order valence-electron chi connectivity index (χ1n) is 12.2. The van der Waals surface area contributed by atoms with Crippen LogP contribution in [-0.2, 0) is 21.5 Å². The van der Waals surface area contributed by atoms with Gasteiger partial charge in [0, 0.05) is 24.7 Å². The Morgan fingerprint density at radius 1 is 1.11 bits per heavy atom. The van der Waals surface area contributed by atoms with Crippen LogP contribution in [-0.4, -0.2) is 36.6 Å². The van der Waals surface area contributed by atoms with Crippen LogP contribution in [0.3, 0.4) is 0 Å². The molecule has 1 spiro atoms. The molecule has 0 saturated carbocycles. The van der Waals surface area contributed by atoms with Crippen molar-refractivity contribution in [1.29, 1.82) is 15.8 Å². The predicted molar refractivity (Wildman–Crippen MR) is 136 cm³/mol. The SMILES string of the molecule is CCOC(=O)N1CC=C2[C@H](C1)[C@@]1(C(=O)N(Cc3ccccc3)c3ccccc31)C(C#N)=C(N)C2(C#N)C#N. The summed E-state index contributed by atoms with van der Waals surface area (Å²) in [6.07, 6.45) is 1.02. The molecule has 1 aliphatic carbocycles. The molecule has 9 nitrogen and oxygen atoms in total. The van der Waals surface area contributed by atoms with E-state index in [1.165, 1.54) is 4.90 Å². The van der Waals surface area contributed by atoms with E-state index in [1.54, 1.807) is 30.0 Å². The van der Waals surface area contributed by atoms with Crippen LogP contribution in [0.4, 0.5) is 10.5 Å². The van der Waals surface area contributed by atoms with Gasteiger partial charge in [-0.25, -0.2) is 4.79 Å². The lowest BCUT2D eigenvalue weighted by Crippen LogP contribution is -2.59. The van der Waals surface area contributed by atoms with Crippen LogP contribution in [0, 0.1) is 45.3 Å². The number of para-hydroxylation sites is 1. The highest BCUT2D eigenvalue weighted by Crippen LogP contribution is 2.61. The van der Waals surface area contributed by atoms with Gasteiger partial charge in [0.1, 0.15) is 5.41 Å². The summed E-state index contributed by atoms with van der Waals surface area (Å²) in [5, 5.41) is 30.9. The molecule has 0 saturated heterocycles. The van der Waals surface area contributed by atoms with Gasteiger partial charge in [-0.05, 0) is 29.7 Å². The summed E-state index contributed by atoms with van der Waals surface area (Å²) in [7, 11) is 0. The van der Waals surface area contributed by atoms with Crippen molar-refractivity contribution in [3.8, 4) is 18.2 Å². The third-order valence-electron chi connectivity index (χ3n) is 7.69. The Bertz CT molecular complexity index is 1510. The van der Waals surface area contributed by atoms with E-state index in [0.717, 1.165) is 5.56 Å². The Labute approximate surface area is 220 Å². The summed E-state index contributed by atoms with van der Waals surface area (Å²) in [5.74, 6) is -1.29. The molecule has 2 N–H and O–H groups in total. The molecule has 38 heavy (non-hydrogen) atoms. The van der Waals surface area contributed by atoms with Crippen LogP contribution in [0.15, 0.2) is 77.5 Å². The number of nitriles is 3. The average Bonchev–Trinajstić information content (AvgIpc) is 3.18. The van der Waals surface area contributed by atoms with Crippen molar-refractivity contribution >= 4 is 17.7 Å². The van der Waals surface area contributed by atoms with Gasteiger partial charge in [-0.1, -0.05) is 54.6 Å². The second kappa shape index (κ2) is 9.10. The molecule has 2 aromatic rings. The lowest BCUT2D eigenvalue weighted by molar-refractivity contribution is -0.123. The lowest BCUT2D eigenvalue weighted by Gasteiger charge is -2.49. The average molecular weight is 505 g/mol. The Morgan fingerprint density at radius 3 is 2.45 bits per heavy atom. The summed E-state index contributed by atoms with van der Waals surface area (Å²) in [5.41, 5.74) is 4.92. The van der Waals surface area contributed by atoms with E-state index in [-0.39, 0.29) is 37.5 Å². The maximum atomic E-state index is 14.7. The number of amides is 2. The molecular formula is C29H24N6O3. The summed E-state index contributed by atoms with van der Waals surface area (Å²) in [4.78, 5) is 30.5. The molecular weight excluding hydrogens is 480 g/mol. The minimum absolute atomic E-state index is 0.0342. The first-order valence-corrected chi connectivity index (χ1v) is 12.2. The van der Waals surface area contributed by atoms with Gasteiger partial charge >= 0.3 is 6.09 Å². The molecule has 2 aromatic carbocycles. The minimum atomic E-state index is -1.94. The fraction of sp³-hybridized carbons (Fsp3) is 0.276. The van der Waals surface area contributed by atoms with E-state index in [4.69, 9.17) is 10.5 Å². The van der Waals surface area contributed by atoms with Crippen molar-refractivity contribution in [2.75, 3.05) is 24.6 Å². The molecule has 0 aromatic heterocycles. The van der Waals surface area contributed by atoms with Crippen LogP contribution in [0.25, 0.3) is 0 Å². The molecule has 2 atom stereocenters. The summed E-state index contributed by atoms with van der Waals surface area (Å²) in [6.45, 7) is 2.13. The van der Waals surface area contributed by atoms with Gasteiger partial charge in [-0.2, -0.15) is 15.8 Å². The Kier molecular flexibility index (Phi) is 5.90. The fourth-order valence-electron chi connectivity index (χ4n) is 6.03. The number of benzene rings is 2.